The number of hydrogen-bond acceptors (Lipinski definition) is 3. The van der Waals surface area contributed by atoms with Gasteiger partial charge in [-0.3, -0.25) is 9.48 Å². The summed E-state index contributed by atoms with van der Waals surface area (Å²) in [6, 6.07) is 7.98. The second-order valence-corrected chi connectivity index (χ2v) is 5.05. The number of carbonyl (C=O) groups is 1. The number of aromatic nitrogens is 3. The van der Waals surface area contributed by atoms with E-state index < -0.39 is 0 Å². The molecule has 3 aromatic rings. The smallest absolute Gasteiger partial charge is 1.00 e. The van der Waals surface area contributed by atoms with Crippen LogP contribution in [0.2, 0.25) is 0 Å². The first kappa shape index (κ1) is 18.2. The third-order valence-corrected chi connectivity index (χ3v) is 3.70. The Labute approximate surface area is 178 Å². The molecule has 3 rings (SSSR count). The van der Waals surface area contributed by atoms with Gasteiger partial charge in [-0.15, -0.1) is 0 Å². The number of carbonyl (C=O) groups excluding carboxylic acids is 1. The second kappa shape index (κ2) is 7.59. The van der Waals surface area contributed by atoms with Crippen LogP contribution < -0.4 is 56.1 Å². The summed E-state index contributed by atoms with van der Waals surface area (Å²) in [4.78, 5) is 10.6. The number of aryl methyl sites for hydroxylation is 2. The molecule has 0 radical (unpaired) electrons. The van der Waals surface area contributed by atoms with Crippen molar-refractivity contribution in [1.82, 2.24) is 14.3 Å². The molecule has 114 valence electrons. The number of fused-ring (bicyclic) bond motifs is 1. The predicted molar refractivity (Wildman–Crippen MR) is 87.5 cm³/mol. The van der Waals surface area contributed by atoms with Crippen molar-refractivity contribution in [3.05, 3.63) is 47.8 Å². The number of ether oxygens (including phenoxy) is 1. The van der Waals surface area contributed by atoms with Crippen LogP contribution in [0, 0.1) is 6.92 Å². The van der Waals surface area contributed by atoms with Gasteiger partial charge in [-0.25, -0.2) is 0 Å². The maximum Gasteiger partial charge on any atom is 1.00 e. The molecule has 0 amide bonds. The summed E-state index contributed by atoms with van der Waals surface area (Å²) in [5.74, 6) is 1.75. The Morgan fingerprint density at radius 3 is 2.78 bits per heavy atom. The van der Waals surface area contributed by atoms with Crippen molar-refractivity contribution in [2.75, 3.05) is 7.11 Å². The molecule has 1 aromatic carbocycles. The maximum absolute atomic E-state index is 10.6. The topological polar surface area (TPSA) is 49.1 Å². The van der Waals surface area contributed by atoms with E-state index in [1.165, 1.54) is 6.08 Å². The fourth-order valence-corrected chi connectivity index (χ4v) is 2.71. The van der Waals surface area contributed by atoms with Gasteiger partial charge >= 0.3 is 51.4 Å². The largest absolute Gasteiger partial charge is 1.00 e. The van der Waals surface area contributed by atoms with Crippen molar-refractivity contribution in [3.63, 3.8) is 0 Å². The Morgan fingerprint density at radius 1 is 1.30 bits per heavy atom. The molecule has 0 saturated carbocycles. The Kier molecular flexibility index (Phi) is 5.99. The van der Waals surface area contributed by atoms with Gasteiger partial charge in [-0.2, -0.15) is 5.10 Å². The van der Waals surface area contributed by atoms with E-state index in [1.807, 2.05) is 49.1 Å². The van der Waals surface area contributed by atoms with Gasteiger partial charge < -0.3 is 10.7 Å². The molecule has 5 nitrogen and oxygen atoms in total. The van der Waals surface area contributed by atoms with Gasteiger partial charge in [0.1, 0.15) is 17.9 Å². The van der Waals surface area contributed by atoms with Gasteiger partial charge in [0.05, 0.1) is 18.3 Å². The first-order valence-electron chi connectivity index (χ1n) is 6.96. The van der Waals surface area contributed by atoms with E-state index >= 15 is 0 Å². The minimum Gasteiger partial charge on any atom is -1.00 e. The van der Waals surface area contributed by atoms with Gasteiger partial charge in [0, 0.05) is 24.2 Å². The van der Waals surface area contributed by atoms with Crippen molar-refractivity contribution < 1.29 is 62.3 Å². The summed E-state index contributed by atoms with van der Waals surface area (Å²) in [7, 11) is 3.56. The van der Waals surface area contributed by atoms with Gasteiger partial charge in [0.2, 0.25) is 0 Å². The van der Waals surface area contributed by atoms with E-state index in [2.05, 4.69) is 9.67 Å². The fourth-order valence-electron chi connectivity index (χ4n) is 2.71. The molecule has 0 saturated heterocycles. The molecule has 6 heteroatoms. The number of allylic oxidation sites excluding steroid dienone is 1. The van der Waals surface area contributed by atoms with Crippen LogP contribution in [0.1, 0.15) is 12.7 Å². The van der Waals surface area contributed by atoms with Crippen molar-refractivity contribution >= 4 is 23.3 Å². The summed E-state index contributed by atoms with van der Waals surface area (Å²) in [5.41, 5.74) is 2.87. The predicted octanol–water partition coefficient (Wildman–Crippen LogP) is 0.00962. The Bertz CT molecular complexity index is 883. The number of benzene rings is 1. The van der Waals surface area contributed by atoms with Gasteiger partial charge in [-0.05, 0) is 43.3 Å². The number of nitrogens with zero attached hydrogens (tertiary/aromatic N) is 3. The van der Waals surface area contributed by atoms with Crippen LogP contribution in [-0.2, 0) is 11.8 Å². The van der Waals surface area contributed by atoms with Gasteiger partial charge in [-0.1, -0.05) is 0 Å². The van der Waals surface area contributed by atoms with Crippen LogP contribution in [0.25, 0.3) is 22.8 Å². The molecule has 0 spiro atoms. The third-order valence-electron chi connectivity index (χ3n) is 3.70. The average molecular weight is 335 g/mol. The zero-order valence-electron chi connectivity index (χ0n) is 14.8. The van der Waals surface area contributed by atoms with Gasteiger partial charge in [0.25, 0.3) is 0 Å². The van der Waals surface area contributed by atoms with E-state index in [9.17, 15) is 4.79 Å². The molecule has 0 bridgehead atoms. The summed E-state index contributed by atoms with van der Waals surface area (Å²) in [6.07, 6.45) is 6.05. The summed E-state index contributed by atoms with van der Waals surface area (Å²) >= 11 is 0. The van der Waals surface area contributed by atoms with Crippen LogP contribution in [0.3, 0.4) is 0 Å². The molecule has 0 aliphatic heterocycles. The molecule has 0 fully saturated rings. The quantitative estimate of drug-likeness (QED) is 0.383. The monoisotopic (exact) mass is 335 g/mol. The van der Waals surface area contributed by atoms with E-state index in [-0.39, 0.29) is 52.8 Å². The molecular weight excluding hydrogens is 317 g/mol. The second-order valence-electron chi connectivity index (χ2n) is 5.05. The molecule has 0 atom stereocenters. The average Bonchev–Trinajstić information content (AvgIpc) is 3.04. The molecule has 0 aliphatic rings. The zero-order valence-corrected chi connectivity index (χ0v) is 16.9. The van der Waals surface area contributed by atoms with Crippen LogP contribution in [-0.4, -0.2) is 27.7 Å². The standard InChI is InChI=1S/C17H17N3O2.K.H/c1-12-15(5-4-10-21)17(19(2)18-12)20-9-8-13-11-14(22-3)6-7-16(13)20;;/h4-11H,1-3H3;;/q;+1;-1/b5-4+;;. The van der Waals surface area contributed by atoms with E-state index in [0.29, 0.717) is 0 Å². The van der Waals surface area contributed by atoms with Crippen molar-refractivity contribution in [3.8, 4) is 11.6 Å². The molecule has 23 heavy (non-hydrogen) atoms. The molecular formula is C17H18KN3O2. The first-order chi connectivity index (χ1) is 10.7. The molecule has 2 heterocycles. The fraction of sp³-hybridized carbons (Fsp3) is 0.176. The van der Waals surface area contributed by atoms with Crippen molar-refractivity contribution in [2.24, 2.45) is 7.05 Å². The minimum atomic E-state index is 0. The van der Waals surface area contributed by atoms with Crippen LogP contribution >= 0.6 is 0 Å². The summed E-state index contributed by atoms with van der Waals surface area (Å²) in [5, 5.41) is 5.55. The number of aldehydes is 1. The first-order valence-corrected chi connectivity index (χ1v) is 6.96. The van der Waals surface area contributed by atoms with E-state index in [4.69, 9.17) is 4.74 Å². The van der Waals surface area contributed by atoms with Gasteiger partial charge in [0.15, 0.2) is 0 Å². The number of rotatable bonds is 4. The van der Waals surface area contributed by atoms with Crippen molar-refractivity contribution in [2.45, 2.75) is 6.92 Å². The zero-order chi connectivity index (χ0) is 15.7. The minimum absolute atomic E-state index is 0. The van der Waals surface area contributed by atoms with E-state index in [0.717, 1.165) is 40.0 Å². The molecule has 0 unspecified atom stereocenters. The van der Waals surface area contributed by atoms with Crippen LogP contribution in [0.15, 0.2) is 36.5 Å². The van der Waals surface area contributed by atoms with Crippen LogP contribution in [0.4, 0.5) is 0 Å². The van der Waals surface area contributed by atoms with Crippen LogP contribution in [0.5, 0.6) is 5.75 Å². The SMILES string of the molecule is COc1ccc2c(ccn2-c2c(/C=C/C=O)c(C)nn2C)c1.[H-].[K+]. The third kappa shape index (κ3) is 3.36. The normalized spacial score (nSPS) is 10.9. The molecule has 0 N–H and O–H groups in total. The summed E-state index contributed by atoms with van der Waals surface area (Å²) < 4.78 is 9.16. The summed E-state index contributed by atoms with van der Waals surface area (Å²) in [6.45, 7) is 1.93. The number of hydrogen-bond donors (Lipinski definition) is 0. The maximum atomic E-state index is 10.6. The molecule has 2 aromatic heterocycles. The Morgan fingerprint density at radius 2 is 2.09 bits per heavy atom. The van der Waals surface area contributed by atoms with Crippen molar-refractivity contribution in [1.29, 1.82) is 0 Å². The Balaban J connectivity index is 0.00000144. The van der Waals surface area contributed by atoms with E-state index in [1.54, 1.807) is 13.2 Å². The molecule has 0 aliphatic carbocycles. The Hall–Kier alpha value is -1.18. The number of methoxy groups -OCH3 is 1.